The molecule has 10 heteroatoms. The van der Waals surface area contributed by atoms with Crippen LogP contribution in [-0.2, 0) is 19.1 Å². The minimum Gasteiger partial charge on any atom is -0.480 e. The minimum absolute atomic E-state index is 0.114. The third kappa shape index (κ3) is 5.67. The highest BCUT2D eigenvalue weighted by Gasteiger charge is 2.27. The first-order chi connectivity index (χ1) is 11.4. The van der Waals surface area contributed by atoms with Crippen LogP contribution in [0.1, 0.15) is 24.5 Å². The number of amides is 1. The van der Waals surface area contributed by atoms with Crippen molar-refractivity contribution in [3.05, 3.63) is 35.4 Å². The first-order valence-electron chi connectivity index (χ1n) is 6.75. The zero-order valence-electron chi connectivity index (χ0n) is 12.7. The lowest BCUT2D eigenvalue weighted by Gasteiger charge is -2.19. The Balaban J connectivity index is 2.80. The topological polar surface area (TPSA) is 142 Å². The van der Waals surface area contributed by atoms with Crippen LogP contribution in [-0.4, -0.2) is 51.9 Å². The molecule has 24 heavy (non-hydrogen) atoms. The molecule has 0 bridgehead atoms. The van der Waals surface area contributed by atoms with Gasteiger partial charge in [0.1, 0.15) is 11.9 Å². The number of methoxy groups -OCH3 is 1. The van der Waals surface area contributed by atoms with E-state index in [9.17, 15) is 18.8 Å². The molecule has 0 saturated carbocycles. The molecule has 0 radical (unpaired) electrons. The molecule has 0 aliphatic heterocycles. The van der Waals surface area contributed by atoms with Crippen LogP contribution in [0.15, 0.2) is 18.5 Å². The number of rotatable bonds is 9. The van der Waals surface area contributed by atoms with Crippen LogP contribution in [0.4, 0.5) is 4.39 Å². The Hall–Kier alpha value is -2.97. The lowest BCUT2D eigenvalue weighted by molar-refractivity contribution is -0.144. The van der Waals surface area contributed by atoms with E-state index in [2.05, 4.69) is 15.1 Å². The van der Waals surface area contributed by atoms with E-state index >= 15 is 0 Å². The number of nitrogens with one attached hydrogen (secondary N) is 1. The number of aliphatic carboxylic acids is 1. The molecule has 2 N–H and O–H groups in total. The molecule has 1 rings (SSSR count). The number of Topliss-reactive ketones (excluding diaryl/α,β-unsaturated/α-hetero) is 1. The van der Waals surface area contributed by atoms with Gasteiger partial charge in [-0.1, -0.05) is 0 Å². The van der Waals surface area contributed by atoms with Crippen molar-refractivity contribution in [1.29, 1.82) is 0 Å². The van der Waals surface area contributed by atoms with E-state index in [4.69, 9.17) is 15.4 Å². The van der Waals surface area contributed by atoms with Gasteiger partial charge in [-0.25, -0.2) is 9.18 Å². The molecule has 1 amide bonds. The molecule has 0 fully saturated rings. The number of carbonyl (C=O) groups is 3. The van der Waals surface area contributed by atoms with Crippen LogP contribution >= 0.6 is 0 Å². The van der Waals surface area contributed by atoms with Crippen molar-refractivity contribution in [2.24, 2.45) is 0 Å². The molecular weight excluding hydrogens is 323 g/mol. The summed E-state index contributed by atoms with van der Waals surface area (Å²) in [6, 6.07) is -0.328. The van der Waals surface area contributed by atoms with Crippen molar-refractivity contribution in [2.45, 2.75) is 25.0 Å². The summed E-state index contributed by atoms with van der Waals surface area (Å²) in [5.41, 5.74) is 8.33. The monoisotopic (exact) mass is 338 g/mol. The van der Waals surface area contributed by atoms with Crippen LogP contribution in [0.2, 0.25) is 0 Å². The first kappa shape index (κ1) is 19.1. The molecule has 1 aromatic rings. The fourth-order valence-electron chi connectivity index (χ4n) is 1.89. The minimum atomic E-state index is -1.37. The highest BCUT2D eigenvalue weighted by molar-refractivity contribution is 6.25. The number of ketones is 1. The third-order valence-electron chi connectivity index (χ3n) is 3.00. The summed E-state index contributed by atoms with van der Waals surface area (Å²) in [5.74, 6) is -3.45. The summed E-state index contributed by atoms with van der Waals surface area (Å²) in [6.07, 6.45) is 1.07. The van der Waals surface area contributed by atoms with Crippen LogP contribution in [0.5, 0.6) is 0 Å². The van der Waals surface area contributed by atoms with Gasteiger partial charge in [0, 0.05) is 25.3 Å². The number of halogens is 1. The zero-order chi connectivity index (χ0) is 18.1. The average molecular weight is 338 g/mol. The van der Waals surface area contributed by atoms with Crippen LogP contribution in [0.3, 0.4) is 0 Å². The largest absolute Gasteiger partial charge is 0.480 e. The fourth-order valence-corrected chi connectivity index (χ4v) is 1.89. The predicted octanol–water partition coefficient (Wildman–Crippen LogP) is 0.127. The summed E-state index contributed by atoms with van der Waals surface area (Å²) in [6.45, 7) is 0. The molecule has 0 spiro atoms. The number of carbonyl (C=O) groups excluding carboxylic acids is 2. The van der Waals surface area contributed by atoms with Crippen molar-refractivity contribution >= 4 is 23.9 Å². The molecule has 0 unspecified atom stereocenters. The summed E-state index contributed by atoms with van der Waals surface area (Å²) in [5, 5.41) is 11.3. The van der Waals surface area contributed by atoms with Crippen LogP contribution < -0.4 is 5.32 Å². The fraction of sp³-hybridized carbons (Fsp3) is 0.357. The third-order valence-corrected chi connectivity index (χ3v) is 3.00. The summed E-state index contributed by atoms with van der Waals surface area (Å²) < 4.78 is 18.2. The number of pyridine rings is 1. The summed E-state index contributed by atoms with van der Waals surface area (Å²) in [7, 11) is 1.20. The van der Waals surface area contributed by atoms with E-state index in [-0.39, 0.29) is 18.4 Å². The molecule has 0 aliphatic carbocycles. The smallest absolute Gasteiger partial charge is 0.326 e. The standard InChI is InChI=1S/C14H15FN4O5/c1-24-12(8-4-9(15)6-17-5-8)13(21)19-11(14(22)23)3-2-10(20)7-18-16/h4-7,11-12H,2-3H2,1H3,(H,19,21)(H,22,23)/t11-,12+/m0/s1. The van der Waals surface area contributed by atoms with Gasteiger partial charge in [-0.15, -0.1) is 0 Å². The van der Waals surface area contributed by atoms with Gasteiger partial charge in [-0.05, 0) is 12.5 Å². The van der Waals surface area contributed by atoms with Gasteiger partial charge < -0.3 is 20.7 Å². The number of ether oxygens (including phenoxy) is 1. The second kappa shape index (κ2) is 9.23. The number of nitrogens with zero attached hydrogens (tertiary/aromatic N) is 3. The Morgan fingerprint density at radius 1 is 1.50 bits per heavy atom. The van der Waals surface area contributed by atoms with Crippen molar-refractivity contribution in [1.82, 2.24) is 10.3 Å². The molecule has 1 aromatic heterocycles. The maximum Gasteiger partial charge on any atom is 0.326 e. The van der Waals surface area contributed by atoms with Gasteiger partial charge in [0.15, 0.2) is 6.10 Å². The Labute approximate surface area is 136 Å². The second-order valence-electron chi connectivity index (χ2n) is 4.70. The van der Waals surface area contributed by atoms with Crippen LogP contribution in [0, 0.1) is 5.82 Å². The maximum absolute atomic E-state index is 13.2. The highest BCUT2D eigenvalue weighted by atomic mass is 19.1. The highest BCUT2D eigenvalue weighted by Crippen LogP contribution is 2.17. The van der Waals surface area contributed by atoms with E-state index in [0.29, 0.717) is 6.21 Å². The van der Waals surface area contributed by atoms with E-state index in [0.717, 1.165) is 12.3 Å². The van der Waals surface area contributed by atoms with E-state index in [1.165, 1.54) is 13.3 Å². The number of carboxylic acid groups (broad SMARTS) is 1. The number of hydrogen-bond acceptors (Lipinski definition) is 5. The quantitative estimate of drug-likeness (QED) is 0.372. The van der Waals surface area contributed by atoms with Gasteiger partial charge in [0.2, 0.25) is 5.78 Å². The zero-order valence-corrected chi connectivity index (χ0v) is 12.7. The van der Waals surface area contributed by atoms with Crippen LogP contribution in [0.25, 0.3) is 5.53 Å². The number of aromatic nitrogens is 1. The Morgan fingerprint density at radius 2 is 2.21 bits per heavy atom. The van der Waals surface area contributed by atoms with Gasteiger partial charge in [0.25, 0.3) is 5.91 Å². The molecule has 9 nitrogen and oxygen atoms in total. The predicted molar refractivity (Wildman–Crippen MR) is 77.4 cm³/mol. The molecule has 0 saturated heterocycles. The van der Waals surface area contributed by atoms with Crippen molar-refractivity contribution in [3.63, 3.8) is 0 Å². The Kier molecular flexibility index (Phi) is 7.34. The van der Waals surface area contributed by atoms with E-state index < -0.39 is 35.6 Å². The SMILES string of the molecule is CO[C@@H](C(=O)N[C@@H](CCC(=O)C=[N+]=[N-])C(=O)O)c1cncc(F)c1. The lowest BCUT2D eigenvalue weighted by Crippen LogP contribution is -2.43. The summed E-state index contributed by atoms with van der Waals surface area (Å²) in [4.78, 5) is 40.7. The Morgan fingerprint density at radius 3 is 2.75 bits per heavy atom. The van der Waals surface area contributed by atoms with E-state index in [1.807, 2.05) is 0 Å². The normalized spacial score (nSPS) is 12.6. The molecule has 128 valence electrons. The van der Waals surface area contributed by atoms with Gasteiger partial charge in [-0.3, -0.25) is 14.6 Å². The molecule has 0 aliphatic rings. The maximum atomic E-state index is 13.2. The summed E-state index contributed by atoms with van der Waals surface area (Å²) >= 11 is 0. The lowest BCUT2D eigenvalue weighted by atomic mass is 10.1. The second-order valence-corrected chi connectivity index (χ2v) is 4.70. The van der Waals surface area contributed by atoms with E-state index in [1.54, 1.807) is 0 Å². The van der Waals surface area contributed by atoms with Gasteiger partial charge >= 0.3 is 12.2 Å². The molecule has 1 heterocycles. The van der Waals surface area contributed by atoms with Crippen molar-refractivity contribution < 1.29 is 33.4 Å². The molecular formula is C14H15FN4O5. The van der Waals surface area contributed by atoms with Gasteiger partial charge in [-0.2, -0.15) is 4.79 Å². The number of carboxylic acids is 1. The Bertz CT molecular complexity index is 675. The number of hydrogen-bond donors (Lipinski definition) is 2. The molecule has 0 aromatic carbocycles. The average Bonchev–Trinajstić information content (AvgIpc) is 2.52. The van der Waals surface area contributed by atoms with Gasteiger partial charge in [0.05, 0.1) is 6.20 Å². The van der Waals surface area contributed by atoms with Crippen molar-refractivity contribution in [3.8, 4) is 0 Å². The van der Waals surface area contributed by atoms with Crippen molar-refractivity contribution in [2.75, 3.05) is 7.11 Å². The molecule has 2 atom stereocenters. The first-order valence-corrected chi connectivity index (χ1v) is 6.75.